The predicted octanol–water partition coefficient (Wildman–Crippen LogP) is 1.36. The summed E-state index contributed by atoms with van der Waals surface area (Å²) >= 11 is 0. The van der Waals surface area contributed by atoms with E-state index in [1.54, 1.807) is 0 Å². The quantitative estimate of drug-likeness (QED) is 0.585. The molecule has 0 N–H and O–H groups in total. The van der Waals surface area contributed by atoms with Gasteiger partial charge in [0, 0.05) is 6.61 Å². The van der Waals surface area contributed by atoms with Crippen LogP contribution in [-0.2, 0) is 14.3 Å². The van der Waals surface area contributed by atoms with Crippen LogP contribution < -0.4 is 0 Å². The minimum absolute atomic E-state index is 0.0494. The Labute approximate surface area is 67.7 Å². The molecule has 0 aliphatic heterocycles. The van der Waals surface area contributed by atoms with Gasteiger partial charge in [-0.05, 0) is 27.7 Å². The van der Waals surface area contributed by atoms with Gasteiger partial charge < -0.3 is 9.47 Å². The SMILES string of the molecule is CCOCC(=O)OC(C)(C)C. The number of carbonyl (C=O) groups excluding carboxylic acids is 1. The molecule has 3 nitrogen and oxygen atoms in total. The molecule has 3 heteroatoms. The Morgan fingerprint density at radius 1 is 1.36 bits per heavy atom. The van der Waals surface area contributed by atoms with Gasteiger partial charge in [-0.2, -0.15) is 0 Å². The van der Waals surface area contributed by atoms with Crippen LogP contribution in [0.4, 0.5) is 0 Å². The van der Waals surface area contributed by atoms with Crippen molar-refractivity contribution in [3.05, 3.63) is 0 Å². The lowest BCUT2D eigenvalue weighted by molar-refractivity contribution is -0.160. The van der Waals surface area contributed by atoms with Crippen molar-refractivity contribution in [2.45, 2.75) is 33.3 Å². The summed E-state index contributed by atoms with van der Waals surface area (Å²) in [5, 5.41) is 0. The first-order chi connectivity index (χ1) is 4.95. The number of carbonyl (C=O) groups is 1. The van der Waals surface area contributed by atoms with Gasteiger partial charge in [0.15, 0.2) is 0 Å². The smallest absolute Gasteiger partial charge is 0.332 e. The van der Waals surface area contributed by atoms with E-state index in [1.165, 1.54) is 0 Å². The van der Waals surface area contributed by atoms with Crippen molar-refractivity contribution in [1.82, 2.24) is 0 Å². The highest BCUT2D eigenvalue weighted by atomic mass is 16.6. The van der Waals surface area contributed by atoms with E-state index in [-0.39, 0.29) is 12.6 Å². The molecule has 0 bridgehead atoms. The number of ether oxygens (including phenoxy) is 2. The third-order valence-electron chi connectivity index (χ3n) is 0.844. The summed E-state index contributed by atoms with van der Waals surface area (Å²) in [4.78, 5) is 10.9. The fraction of sp³-hybridized carbons (Fsp3) is 0.875. The number of rotatable bonds is 3. The van der Waals surface area contributed by atoms with Crippen molar-refractivity contribution in [2.24, 2.45) is 0 Å². The van der Waals surface area contributed by atoms with Crippen LogP contribution in [-0.4, -0.2) is 24.8 Å². The van der Waals surface area contributed by atoms with Crippen LogP contribution in [0.1, 0.15) is 27.7 Å². The second-order valence-corrected chi connectivity index (χ2v) is 3.22. The number of esters is 1. The molecule has 0 saturated carbocycles. The summed E-state index contributed by atoms with van der Waals surface area (Å²) < 4.78 is 9.84. The summed E-state index contributed by atoms with van der Waals surface area (Å²) in [5.41, 5.74) is -0.409. The molecular weight excluding hydrogens is 144 g/mol. The van der Waals surface area contributed by atoms with Crippen LogP contribution in [0.25, 0.3) is 0 Å². The Hall–Kier alpha value is -0.570. The van der Waals surface area contributed by atoms with Crippen molar-refractivity contribution in [2.75, 3.05) is 13.2 Å². The first-order valence-corrected chi connectivity index (χ1v) is 3.75. The highest BCUT2D eigenvalue weighted by Gasteiger charge is 2.15. The summed E-state index contributed by atoms with van der Waals surface area (Å²) in [6.07, 6.45) is 0. The van der Waals surface area contributed by atoms with Crippen molar-refractivity contribution in [1.29, 1.82) is 0 Å². The molecule has 0 aromatic heterocycles. The van der Waals surface area contributed by atoms with Gasteiger partial charge in [-0.1, -0.05) is 0 Å². The fourth-order valence-electron chi connectivity index (χ4n) is 0.556. The Morgan fingerprint density at radius 3 is 2.27 bits per heavy atom. The van der Waals surface area contributed by atoms with Gasteiger partial charge in [-0.15, -0.1) is 0 Å². The largest absolute Gasteiger partial charge is 0.458 e. The van der Waals surface area contributed by atoms with Crippen molar-refractivity contribution < 1.29 is 14.3 Å². The first kappa shape index (κ1) is 10.4. The van der Waals surface area contributed by atoms with E-state index in [1.807, 2.05) is 27.7 Å². The lowest BCUT2D eigenvalue weighted by Crippen LogP contribution is -2.26. The number of hydrogen-bond donors (Lipinski definition) is 0. The van der Waals surface area contributed by atoms with Crippen LogP contribution >= 0.6 is 0 Å². The molecule has 0 spiro atoms. The predicted molar refractivity (Wildman–Crippen MR) is 42.3 cm³/mol. The van der Waals surface area contributed by atoms with Gasteiger partial charge in [0.2, 0.25) is 0 Å². The van der Waals surface area contributed by atoms with E-state index < -0.39 is 5.60 Å². The Morgan fingerprint density at radius 2 is 1.91 bits per heavy atom. The van der Waals surface area contributed by atoms with E-state index in [2.05, 4.69) is 0 Å². The zero-order valence-electron chi connectivity index (χ0n) is 7.64. The van der Waals surface area contributed by atoms with Crippen molar-refractivity contribution in [3.8, 4) is 0 Å². The molecule has 0 saturated heterocycles. The maximum Gasteiger partial charge on any atom is 0.332 e. The van der Waals surface area contributed by atoms with Crippen LogP contribution in [0.3, 0.4) is 0 Å². The summed E-state index contributed by atoms with van der Waals surface area (Å²) in [7, 11) is 0. The van der Waals surface area contributed by atoms with E-state index in [0.29, 0.717) is 6.61 Å². The Balaban J connectivity index is 3.53. The average Bonchev–Trinajstić information content (AvgIpc) is 1.79. The lowest BCUT2D eigenvalue weighted by Gasteiger charge is -2.19. The van der Waals surface area contributed by atoms with E-state index in [0.717, 1.165) is 0 Å². The van der Waals surface area contributed by atoms with Gasteiger partial charge in [0.25, 0.3) is 0 Å². The topological polar surface area (TPSA) is 35.5 Å². The Kier molecular flexibility index (Phi) is 4.11. The average molecular weight is 160 g/mol. The van der Waals surface area contributed by atoms with Gasteiger partial charge in [-0.3, -0.25) is 0 Å². The molecular formula is C8H16O3. The zero-order valence-corrected chi connectivity index (χ0v) is 7.64. The molecule has 0 atom stereocenters. The standard InChI is InChI=1S/C8H16O3/c1-5-10-6-7(9)11-8(2,3)4/h5-6H2,1-4H3. The molecule has 0 aromatic rings. The fourth-order valence-corrected chi connectivity index (χ4v) is 0.556. The lowest BCUT2D eigenvalue weighted by atomic mass is 10.2. The maximum atomic E-state index is 10.9. The van der Waals surface area contributed by atoms with Gasteiger partial charge in [0.05, 0.1) is 0 Å². The van der Waals surface area contributed by atoms with Crippen LogP contribution in [0.15, 0.2) is 0 Å². The molecule has 0 heterocycles. The molecule has 66 valence electrons. The molecule has 0 aliphatic rings. The van der Waals surface area contributed by atoms with Crippen molar-refractivity contribution in [3.63, 3.8) is 0 Å². The Bertz CT molecular complexity index is 124. The van der Waals surface area contributed by atoms with E-state index >= 15 is 0 Å². The number of hydrogen-bond acceptors (Lipinski definition) is 3. The van der Waals surface area contributed by atoms with Gasteiger partial charge >= 0.3 is 5.97 Å². The molecule has 0 aliphatic carbocycles. The maximum absolute atomic E-state index is 10.9. The highest BCUT2D eigenvalue weighted by molar-refractivity contribution is 5.71. The monoisotopic (exact) mass is 160 g/mol. The third kappa shape index (κ3) is 7.33. The summed E-state index contributed by atoms with van der Waals surface area (Å²) in [6, 6.07) is 0. The molecule has 0 rings (SSSR count). The van der Waals surface area contributed by atoms with Crippen molar-refractivity contribution >= 4 is 5.97 Å². The van der Waals surface area contributed by atoms with Gasteiger partial charge in [-0.25, -0.2) is 4.79 Å². The molecule has 0 aromatic carbocycles. The molecule has 0 radical (unpaired) electrons. The van der Waals surface area contributed by atoms with E-state index in [4.69, 9.17) is 9.47 Å². The van der Waals surface area contributed by atoms with E-state index in [9.17, 15) is 4.79 Å². The normalized spacial score (nSPS) is 11.3. The minimum Gasteiger partial charge on any atom is -0.458 e. The van der Waals surface area contributed by atoms with Crippen LogP contribution in [0.5, 0.6) is 0 Å². The minimum atomic E-state index is -0.409. The summed E-state index contributed by atoms with van der Waals surface area (Å²) in [5.74, 6) is -0.306. The van der Waals surface area contributed by atoms with Crippen LogP contribution in [0.2, 0.25) is 0 Å². The second kappa shape index (κ2) is 4.34. The summed E-state index contributed by atoms with van der Waals surface area (Å²) in [6.45, 7) is 7.92. The zero-order chi connectivity index (χ0) is 8.91. The molecule has 0 unspecified atom stereocenters. The second-order valence-electron chi connectivity index (χ2n) is 3.22. The molecule has 0 fully saturated rings. The first-order valence-electron chi connectivity index (χ1n) is 3.75. The van der Waals surface area contributed by atoms with Crippen LogP contribution in [0, 0.1) is 0 Å². The molecule has 11 heavy (non-hydrogen) atoms. The molecule has 0 amide bonds. The van der Waals surface area contributed by atoms with Gasteiger partial charge in [0.1, 0.15) is 12.2 Å². The highest BCUT2D eigenvalue weighted by Crippen LogP contribution is 2.06. The third-order valence-corrected chi connectivity index (χ3v) is 0.844.